The molecule has 0 fully saturated rings. The number of benzene rings is 3. The number of amides is 2. The van der Waals surface area contributed by atoms with E-state index in [0.29, 0.717) is 28.0 Å². The second-order valence-corrected chi connectivity index (χ2v) is 8.98. The number of hydrogen-bond donors (Lipinski definition) is 2. The molecule has 0 saturated heterocycles. The van der Waals surface area contributed by atoms with Gasteiger partial charge in [0.05, 0.1) is 40.1 Å². The highest BCUT2D eigenvalue weighted by atomic mass is 16.2. The lowest BCUT2D eigenvalue weighted by Gasteiger charge is -2.24. The van der Waals surface area contributed by atoms with Gasteiger partial charge in [-0.05, 0) is 74.4 Å². The summed E-state index contributed by atoms with van der Waals surface area (Å²) in [5, 5.41) is 13.4. The molecule has 176 valence electrons. The number of nitrogens with one attached hydrogen (secondary N) is 1. The minimum Gasteiger partial charge on any atom is -0.355 e. The third kappa shape index (κ3) is 4.57. The van der Waals surface area contributed by atoms with Crippen LogP contribution in [-0.2, 0) is 12.5 Å². The molecule has 3 N–H and O–H groups in total. The maximum atomic E-state index is 12.5. The van der Waals surface area contributed by atoms with Crippen LogP contribution in [0.15, 0.2) is 71.8 Å². The van der Waals surface area contributed by atoms with E-state index in [1.165, 1.54) is 15.8 Å². The zero-order valence-corrected chi connectivity index (χ0v) is 20.0. The number of fused-ring (bicyclic) bond motifs is 1. The van der Waals surface area contributed by atoms with E-state index in [9.17, 15) is 14.9 Å². The molecule has 8 heteroatoms. The lowest BCUT2D eigenvalue weighted by Crippen LogP contribution is -2.31. The largest absolute Gasteiger partial charge is 0.355 e. The van der Waals surface area contributed by atoms with Gasteiger partial charge in [0.25, 0.3) is 5.56 Å². The van der Waals surface area contributed by atoms with E-state index in [1.54, 1.807) is 37.4 Å². The number of hydrogen-bond acceptors (Lipinski definition) is 5. The molecule has 3 aromatic carbocycles. The number of carbonyl (C=O) groups is 1. The quantitative estimate of drug-likeness (QED) is 0.429. The number of anilines is 4. The van der Waals surface area contributed by atoms with Crippen molar-refractivity contribution in [1.82, 2.24) is 9.55 Å². The predicted molar refractivity (Wildman–Crippen MR) is 138 cm³/mol. The summed E-state index contributed by atoms with van der Waals surface area (Å²) in [6, 6.07) is 19.8. The van der Waals surface area contributed by atoms with Crippen LogP contribution in [0.4, 0.5) is 27.5 Å². The van der Waals surface area contributed by atoms with Crippen molar-refractivity contribution in [2.45, 2.75) is 26.2 Å². The first-order valence-electron chi connectivity index (χ1n) is 11.0. The first-order chi connectivity index (χ1) is 16.6. The zero-order chi connectivity index (χ0) is 25.3. The average Bonchev–Trinajstić information content (AvgIpc) is 2.84. The summed E-state index contributed by atoms with van der Waals surface area (Å²) in [7, 11) is 1.66. The van der Waals surface area contributed by atoms with Gasteiger partial charge in [-0.3, -0.25) is 9.69 Å². The molecule has 8 nitrogen and oxygen atoms in total. The minimum atomic E-state index is -0.721. The summed E-state index contributed by atoms with van der Waals surface area (Å²) in [5.74, 6) is 0. The lowest BCUT2D eigenvalue weighted by molar-refractivity contribution is 0.256. The molecule has 4 rings (SSSR count). The van der Waals surface area contributed by atoms with Gasteiger partial charge in [0.15, 0.2) is 0 Å². The van der Waals surface area contributed by atoms with E-state index in [-0.39, 0.29) is 5.56 Å². The Morgan fingerprint density at radius 3 is 2.57 bits per heavy atom. The molecule has 0 bridgehead atoms. The predicted octanol–water partition coefficient (Wildman–Crippen LogP) is 5.00. The Balaban J connectivity index is 1.74. The van der Waals surface area contributed by atoms with Gasteiger partial charge in [0, 0.05) is 18.4 Å². The fourth-order valence-corrected chi connectivity index (χ4v) is 3.83. The molecule has 4 aromatic rings. The lowest BCUT2D eigenvalue weighted by atomic mass is 9.86. The van der Waals surface area contributed by atoms with Crippen LogP contribution in [-0.4, -0.2) is 15.6 Å². The number of rotatable bonds is 5. The topological polar surface area (TPSA) is 117 Å². The van der Waals surface area contributed by atoms with E-state index in [0.717, 1.165) is 16.8 Å². The summed E-state index contributed by atoms with van der Waals surface area (Å²) in [5.41, 5.74) is 9.86. The van der Waals surface area contributed by atoms with E-state index in [1.807, 2.05) is 51.1 Å². The van der Waals surface area contributed by atoms with Gasteiger partial charge in [0.1, 0.15) is 0 Å². The summed E-state index contributed by atoms with van der Waals surface area (Å²) < 4.78 is 1.43. The van der Waals surface area contributed by atoms with Crippen molar-refractivity contribution >= 4 is 39.7 Å². The Morgan fingerprint density at radius 2 is 1.86 bits per heavy atom. The fourth-order valence-electron chi connectivity index (χ4n) is 3.83. The van der Waals surface area contributed by atoms with Gasteiger partial charge in [-0.25, -0.2) is 9.78 Å². The highest BCUT2D eigenvalue weighted by Gasteiger charge is 2.23. The van der Waals surface area contributed by atoms with Gasteiger partial charge in [0.2, 0.25) is 0 Å². The molecule has 0 aliphatic carbocycles. The average molecular weight is 467 g/mol. The van der Waals surface area contributed by atoms with Crippen LogP contribution < -0.4 is 21.5 Å². The highest BCUT2D eigenvalue weighted by Crippen LogP contribution is 2.33. The molecule has 2 amide bonds. The van der Waals surface area contributed by atoms with Crippen LogP contribution in [0.5, 0.6) is 0 Å². The summed E-state index contributed by atoms with van der Waals surface area (Å²) >= 11 is 0. The van der Waals surface area contributed by atoms with E-state index in [4.69, 9.17) is 5.73 Å². The van der Waals surface area contributed by atoms with E-state index < -0.39 is 11.4 Å². The number of aryl methyl sites for hydroxylation is 2. The Hall–Kier alpha value is -4.64. The van der Waals surface area contributed by atoms with Crippen LogP contribution >= 0.6 is 0 Å². The molecule has 0 aliphatic rings. The molecule has 1 aromatic heterocycles. The number of urea groups is 1. The molecule has 0 unspecified atom stereocenters. The second kappa shape index (κ2) is 8.95. The van der Waals surface area contributed by atoms with Crippen molar-refractivity contribution in [3.63, 3.8) is 0 Å². The van der Waals surface area contributed by atoms with Crippen LogP contribution in [0.1, 0.15) is 25.0 Å². The molecule has 0 saturated carbocycles. The SMILES string of the molecule is Cc1ccc(N(C(N)=O)c2cccc(C(C)(C)C#N)c2)cc1Nc1ccc2ncn(C)c(=O)c2c1. The van der Waals surface area contributed by atoms with Gasteiger partial charge in [-0.15, -0.1) is 0 Å². The second-order valence-electron chi connectivity index (χ2n) is 8.98. The smallest absolute Gasteiger partial charge is 0.323 e. The molecular formula is C27H26N6O2. The maximum absolute atomic E-state index is 12.5. The molecule has 0 radical (unpaired) electrons. The van der Waals surface area contributed by atoms with Crippen molar-refractivity contribution in [3.8, 4) is 6.07 Å². The zero-order valence-electron chi connectivity index (χ0n) is 20.0. The van der Waals surface area contributed by atoms with E-state index in [2.05, 4.69) is 16.4 Å². The molecule has 0 spiro atoms. The van der Waals surface area contributed by atoms with Gasteiger partial charge in [-0.2, -0.15) is 5.26 Å². The number of nitriles is 1. The maximum Gasteiger partial charge on any atom is 0.323 e. The normalized spacial score (nSPS) is 11.2. The summed E-state index contributed by atoms with van der Waals surface area (Å²) in [6.07, 6.45) is 1.50. The first-order valence-corrected chi connectivity index (χ1v) is 11.0. The fraction of sp³-hybridized carbons (Fsp3) is 0.185. The van der Waals surface area contributed by atoms with Crippen molar-refractivity contribution in [3.05, 3.63) is 88.5 Å². The van der Waals surface area contributed by atoms with Crippen molar-refractivity contribution in [2.24, 2.45) is 12.8 Å². The number of aromatic nitrogens is 2. The number of nitrogens with two attached hydrogens (primary N) is 1. The minimum absolute atomic E-state index is 0.135. The standard InChI is InChI=1S/C27H26N6O2/c1-17-8-10-21(33(26(29)35)20-7-5-6-18(12-20)27(2,3)15-28)14-24(17)31-19-9-11-23-22(13-19)25(34)32(4)16-30-23/h5-14,16,31H,1-4H3,(H2,29,35). The monoisotopic (exact) mass is 466 g/mol. The first kappa shape index (κ1) is 23.5. The molecule has 35 heavy (non-hydrogen) atoms. The van der Waals surface area contributed by atoms with Crippen LogP contribution in [0.2, 0.25) is 0 Å². The summed E-state index contributed by atoms with van der Waals surface area (Å²) in [4.78, 5) is 30.7. The van der Waals surface area contributed by atoms with E-state index >= 15 is 0 Å². The molecule has 1 heterocycles. The van der Waals surface area contributed by atoms with Gasteiger partial charge < -0.3 is 15.6 Å². The van der Waals surface area contributed by atoms with Gasteiger partial charge in [-0.1, -0.05) is 18.2 Å². The highest BCUT2D eigenvalue weighted by molar-refractivity contribution is 5.99. The Kier molecular flexibility index (Phi) is 6.01. The molecule has 0 aliphatic heterocycles. The third-order valence-electron chi connectivity index (χ3n) is 6.00. The van der Waals surface area contributed by atoms with Crippen molar-refractivity contribution < 1.29 is 4.79 Å². The van der Waals surface area contributed by atoms with Crippen molar-refractivity contribution in [1.29, 1.82) is 5.26 Å². The van der Waals surface area contributed by atoms with Crippen LogP contribution in [0.25, 0.3) is 10.9 Å². The summed E-state index contributed by atoms with van der Waals surface area (Å²) in [6.45, 7) is 5.58. The Morgan fingerprint density at radius 1 is 1.11 bits per heavy atom. The number of primary amides is 1. The van der Waals surface area contributed by atoms with Crippen LogP contribution in [0, 0.1) is 18.3 Å². The molecular weight excluding hydrogens is 440 g/mol. The van der Waals surface area contributed by atoms with Gasteiger partial charge >= 0.3 is 6.03 Å². The third-order valence-corrected chi connectivity index (χ3v) is 6.00. The molecule has 0 atom stereocenters. The van der Waals surface area contributed by atoms with Crippen LogP contribution in [0.3, 0.4) is 0 Å². The Bertz CT molecular complexity index is 1550. The van der Waals surface area contributed by atoms with Crippen molar-refractivity contribution in [2.75, 3.05) is 10.2 Å². The Labute approximate surface area is 203 Å². The number of nitrogens with zero attached hydrogens (tertiary/aromatic N) is 4. The number of carbonyl (C=O) groups excluding carboxylic acids is 1.